The van der Waals surface area contributed by atoms with E-state index in [1.54, 1.807) is 6.33 Å². The lowest BCUT2D eigenvalue weighted by molar-refractivity contribution is -0.150. The van der Waals surface area contributed by atoms with E-state index in [-0.39, 0.29) is 12.1 Å². The molecule has 0 saturated heterocycles. The van der Waals surface area contributed by atoms with E-state index >= 15 is 0 Å². The summed E-state index contributed by atoms with van der Waals surface area (Å²) < 4.78 is 13.1. The molecule has 0 radical (unpaired) electrons. The van der Waals surface area contributed by atoms with Crippen LogP contribution >= 0.6 is 0 Å². The molecule has 0 bridgehead atoms. The Labute approximate surface area is 140 Å². The summed E-state index contributed by atoms with van der Waals surface area (Å²) in [5.41, 5.74) is 3.02. The number of rotatable bonds is 7. The van der Waals surface area contributed by atoms with Crippen LogP contribution < -0.4 is 0 Å². The zero-order valence-corrected chi connectivity index (χ0v) is 13.6. The number of hydrogen-bond donors (Lipinski definition) is 0. The van der Waals surface area contributed by atoms with Crippen LogP contribution in [-0.2, 0) is 27.4 Å². The van der Waals surface area contributed by atoms with Crippen molar-refractivity contribution in [2.45, 2.75) is 26.2 Å². The molecule has 2 aromatic carbocycles. The lowest BCUT2D eigenvalue weighted by Gasteiger charge is -2.18. The summed E-state index contributed by atoms with van der Waals surface area (Å²) in [5.74, 6) is -0.312. The molecule has 0 saturated carbocycles. The first-order valence-corrected chi connectivity index (χ1v) is 7.91. The van der Waals surface area contributed by atoms with Gasteiger partial charge in [0.05, 0.1) is 37.1 Å². The Kier molecular flexibility index (Phi) is 5.23. The molecule has 0 aliphatic heterocycles. The van der Waals surface area contributed by atoms with Gasteiger partial charge in [0, 0.05) is 6.92 Å². The van der Waals surface area contributed by atoms with Crippen LogP contribution in [0.3, 0.4) is 0 Å². The topological polar surface area (TPSA) is 53.4 Å². The minimum atomic E-state index is -0.358. The van der Waals surface area contributed by atoms with Gasteiger partial charge in [-0.05, 0) is 17.7 Å². The number of esters is 1. The van der Waals surface area contributed by atoms with Crippen molar-refractivity contribution < 1.29 is 14.3 Å². The fourth-order valence-electron chi connectivity index (χ4n) is 2.62. The Morgan fingerprint density at radius 2 is 1.88 bits per heavy atom. The average molecular weight is 324 g/mol. The lowest BCUT2D eigenvalue weighted by atomic mass is 10.2. The molecule has 5 heteroatoms. The Morgan fingerprint density at radius 1 is 1.12 bits per heavy atom. The van der Waals surface area contributed by atoms with Gasteiger partial charge in [-0.25, -0.2) is 4.98 Å². The van der Waals surface area contributed by atoms with Gasteiger partial charge in [-0.15, -0.1) is 0 Å². The zero-order chi connectivity index (χ0) is 16.8. The molecule has 1 heterocycles. The summed E-state index contributed by atoms with van der Waals surface area (Å²) in [5, 5.41) is 0. The number of para-hydroxylation sites is 2. The average Bonchev–Trinajstić information content (AvgIpc) is 2.98. The number of carbonyl (C=O) groups is 1. The number of fused-ring (bicyclic) bond motifs is 1. The summed E-state index contributed by atoms with van der Waals surface area (Å²) in [4.78, 5) is 15.7. The molecule has 24 heavy (non-hydrogen) atoms. The van der Waals surface area contributed by atoms with E-state index in [0.717, 1.165) is 16.6 Å². The molecule has 5 nitrogen and oxygen atoms in total. The van der Waals surface area contributed by atoms with Gasteiger partial charge in [0.25, 0.3) is 0 Å². The summed E-state index contributed by atoms with van der Waals surface area (Å²) in [6.07, 6.45) is 1.40. The first-order valence-electron chi connectivity index (χ1n) is 7.91. The van der Waals surface area contributed by atoms with Gasteiger partial charge in [0.2, 0.25) is 0 Å². The van der Waals surface area contributed by atoms with E-state index in [1.165, 1.54) is 6.92 Å². The van der Waals surface area contributed by atoms with Crippen molar-refractivity contribution in [1.29, 1.82) is 0 Å². The second-order valence-electron chi connectivity index (χ2n) is 5.62. The second-order valence-corrected chi connectivity index (χ2v) is 5.62. The van der Waals surface area contributed by atoms with Crippen LogP contribution in [0.1, 0.15) is 12.5 Å². The molecule has 0 unspecified atom stereocenters. The van der Waals surface area contributed by atoms with Crippen molar-refractivity contribution in [1.82, 2.24) is 9.55 Å². The molecule has 1 aromatic heterocycles. The number of nitrogens with zero attached hydrogens (tertiary/aromatic N) is 2. The van der Waals surface area contributed by atoms with Crippen molar-refractivity contribution in [3.8, 4) is 0 Å². The SMILES string of the molecule is CC(=O)O[C@@H](COCc1ccccc1)Cn1cnc2ccccc21. The third-order valence-corrected chi connectivity index (χ3v) is 3.68. The van der Waals surface area contributed by atoms with Crippen molar-refractivity contribution in [2.75, 3.05) is 6.61 Å². The molecular weight excluding hydrogens is 304 g/mol. The van der Waals surface area contributed by atoms with Gasteiger partial charge in [-0.2, -0.15) is 0 Å². The fraction of sp³-hybridized carbons (Fsp3) is 0.263. The zero-order valence-electron chi connectivity index (χ0n) is 13.6. The first kappa shape index (κ1) is 16.2. The highest BCUT2D eigenvalue weighted by Crippen LogP contribution is 2.13. The maximum absolute atomic E-state index is 11.4. The van der Waals surface area contributed by atoms with Crippen LogP contribution in [0.5, 0.6) is 0 Å². The molecule has 0 spiro atoms. The van der Waals surface area contributed by atoms with Crippen molar-refractivity contribution in [3.63, 3.8) is 0 Å². The van der Waals surface area contributed by atoms with E-state index in [0.29, 0.717) is 19.8 Å². The number of hydrogen-bond acceptors (Lipinski definition) is 4. The van der Waals surface area contributed by atoms with Crippen LogP contribution in [0, 0.1) is 0 Å². The lowest BCUT2D eigenvalue weighted by Crippen LogP contribution is -2.27. The van der Waals surface area contributed by atoms with Crippen LogP contribution in [-0.4, -0.2) is 28.2 Å². The quantitative estimate of drug-likeness (QED) is 0.626. The molecular formula is C19H20N2O3. The predicted octanol–water partition coefficient (Wildman–Crippen LogP) is 3.18. The number of aromatic nitrogens is 2. The van der Waals surface area contributed by atoms with Gasteiger partial charge in [-0.1, -0.05) is 42.5 Å². The van der Waals surface area contributed by atoms with Gasteiger partial charge < -0.3 is 14.0 Å². The molecule has 0 aliphatic carbocycles. The minimum absolute atomic E-state index is 0.312. The number of imidazole rings is 1. The number of carbonyl (C=O) groups excluding carboxylic acids is 1. The van der Waals surface area contributed by atoms with Crippen LogP contribution in [0.25, 0.3) is 11.0 Å². The van der Waals surface area contributed by atoms with Crippen molar-refractivity contribution in [3.05, 3.63) is 66.5 Å². The predicted molar refractivity (Wildman–Crippen MR) is 91.4 cm³/mol. The third-order valence-electron chi connectivity index (χ3n) is 3.68. The molecule has 0 aliphatic rings. The van der Waals surface area contributed by atoms with Crippen LogP contribution in [0.4, 0.5) is 0 Å². The maximum Gasteiger partial charge on any atom is 0.303 e. The Balaban J connectivity index is 1.64. The molecule has 124 valence electrons. The van der Waals surface area contributed by atoms with Crippen LogP contribution in [0.15, 0.2) is 60.9 Å². The van der Waals surface area contributed by atoms with E-state index in [4.69, 9.17) is 9.47 Å². The largest absolute Gasteiger partial charge is 0.458 e. The minimum Gasteiger partial charge on any atom is -0.458 e. The molecule has 1 atom stereocenters. The summed E-state index contributed by atoms with van der Waals surface area (Å²) in [6, 6.07) is 17.8. The highest BCUT2D eigenvalue weighted by atomic mass is 16.6. The first-order chi connectivity index (χ1) is 11.7. The molecule has 3 rings (SSSR count). The van der Waals surface area contributed by atoms with E-state index < -0.39 is 0 Å². The normalized spacial score (nSPS) is 12.2. The molecule has 0 fully saturated rings. The van der Waals surface area contributed by atoms with Crippen molar-refractivity contribution >= 4 is 17.0 Å². The Morgan fingerprint density at radius 3 is 2.67 bits per heavy atom. The van der Waals surface area contributed by atoms with E-state index in [9.17, 15) is 4.79 Å². The van der Waals surface area contributed by atoms with Crippen LogP contribution in [0.2, 0.25) is 0 Å². The van der Waals surface area contributed by atoms with Gasteiger partial charge in [0.1, 0.15) is 6.10 Å². The second kappa shape index (κ2) is 7.75. The highest BCUT2D eigenvalue weighted by molar-refractivity contribution is 5.74. The van der Waals surface area contributed by atoms with Gasteiger partial charge in [0.15, 0.2) is 0 Å². The van der Waals surface area contributed by atoms with Gasteiger partial charge in [-0.3, -0.25) is 4.79 Å². The standard InChI is InChI=1S/C19H20N2O3/c1-15(22)24-17(13-23-12-16-7-3-2-4-8-16)11-21-14-20-18-9-5-6-10-19(18)21/h2-10,14,17H,11-13H2,1H3/t17-/m1/s1. The third kappa shape index (κ3) is 4.20. The monoisotopic (exact) mass is 324 g/mol. The molecule has 0 amide bonds. The fourth-order valence-corrected chi connectivity index (χ4v) is 2.62. The highest BCUT2D eigenvalue weighted by Gasteiger charge is 2.15. The van der Waals surface area contributed by atoms with Gasteiger partial charge >= 0.3 is 5.97 Å². The molecule has 3 aromatic rings. The maximum atomic E-state index is 11.4. The van der Waals surface area contributed by atoms with Crippen molar-refractivity contribution in [2.24, 2.45) is 0 Å². The van der Waals surface area contributed by atoms with E-state index in [2.05, 4.69) is 4.98 Å². The molecule has 0 N–H and O–H groups in total. The number of ether oxygens (including phenoxy) is 2. The Bertz CT molecular complexity index is 798. The smallest absolute Gasteiger partial charge is 0.303 e. The number of benzene rings is 2. The summed E-state index contributed by atoms with van der Waals surface area (Å²) in [7, 11) is 0. The summed E-state index contributed by atoms with van der Waals surface area (Å²) >= 11 is 0. The summed E-state index contributed by atoms with van der Waals surface area (Å²) in [6.45, 7) is 2.75. The van der Waals surface area contributed by atoms with E-state index in [1.807, 2.05) is 59.2 Å². The Hall–Kier alpha value is -2.66.